The molecular formula is C16H24NO2-. The number of rotatable bonds is 6. The third kappa shape index (κ3) is 4.58. The number of nitrogens with zero attached hydrogens (tertiary/aromatic N) is 1. The molecule has 19 heavy (non-hydrogen) atoms. The van der Waals surface area contributed by atoms with Crippen LogP contribution in [0.4, 0.5) is 5.69 Å². The average molecular weight is 262 g/mol. The van der Waals surface area contributed by atoms with E-state index in [0.29, 0.717) is 6.42 Å². The van der Waals surface area contributed by atoms with Crippen molar-refractivity contribution in [3.63, 3.8) is 0 Å². The lowest BCUT2D eigenvalue weighted by Gasteiger charge is -2.31. The Balaban J connectivity index is 2.89. The molecule has 0 bridgehead atoms. The van der Waals surface area contributed by atoms with Crippen LogP contribution in [0.5, 0.6) is 0 Å². The number of benzene rings is 1. The van der Waals surface area contributed by atoms with Crippen molar-refractivity contribution >= 4 is 11.7 Å². The molecule has 0 aliphatic rings. The standard InChI is InChI=1S/C16H25NO2/c1-5-17(12-8-11-15(18)19)14-10-7-6-9-13(14)16(2,3)4/h6-7,9-10H,5,8,11-12H2,1-4H3,(H,18,19)/p-1. The summed E-state index contributed by atoms with van der Waals surface area (Å²) in [6.07, 6.45) is 0.739. The highest BCUT2D eigenvalue weighted by molar-refractivity contribution is 5.64. The summed E-state index contributed by atoms with van der Waals surface area (Å²) in [6.45, 7) is 10.3. The zero-order valence-electron chi connectivity index (χ0n) is 12.4. The molecule has 0 heterocycles. The van der Waals surface area contributed by atoms with E-state index in [0.717, 1.165) is 13.1 Å². The molecule has 0 radical (unpaired) electrons. The third-order valence-electron chi connectivity index (χ3n) is 3.24. The molecule has 0 atom stereocenters. The summed E-state index contributed by atoms with van der Waals surface area (Å²) >= 11 is 0. The second kappa shape index (κ2) is 6.60. The second-order valence-corrected chi connectivity index (χ2v) is 5.82. The molecule has 1 rings (SSSR count). The van der Waals surface area contributed by atoms with E-state index in [1.807, 2.05) is 6.07 Å². The Morgan fingerprint density at radius 2 is 1.89 bits per heavy atom. The number of para-hydroxylation sites is 1. The molecule has 3 nitrogen and oxygen atoms in total. The number of hydrogen-bond donors (Lipinski definition) is 0. The lowest BCUT2D eigenvalue weighted by atomic mass is 9.85. The molecule has 0 spiro atoms. The minimum atomic E-state index is -0.972. The molecule has 0 aliphatic heterocycles. The van der Waals surface area contributed by atoms with Crippen LogP contribution < -0.4 is 10.0 Å². The van der Waals surface area contributed by atoms with Crippen molar-refractivity contribution in [3.05, 3.63) is 29.8 Å². The van der Waals surface area contributed by atoms with Gasteiger partial charge in [0.15, 0.2) is 0 Å². The summed E-state index contributed by atoms with van der Waals surface area (Å²) in [7, 11) is 0. The Labute approximate surface area is 116 Å². The van der Waals surface area contributed by atoms with E-state index in [-0.39, 0.29) is 11.8 Å². The quantitative estimate of drug-likeness (QED) is 0.790. The molecule has 0 N–H and O–H groups in total. The maximum atomic E-state index is 10.5. The smallest absolute Gasteiger partial charge is 0.0415 e. The zero-order chi connectivity index (χ0) is 14.5. The summed E-state index contributed by atoms with van der Waals surface area (Å²) in [5.74, 6) is -0.972. The largest absolute Gasteiger partial charge is 0.550 e. The molecule has 0 saturated heterocycles. The minimum Gasteiger partial charge on any atom is -0.550 e. The van der Waals surface area contributed by atoms with Gasteiger partial charge in [-0.25, -0.2) is 0 Å². The fraction of sp³-hybridized carbons (Fsp3) is 0.562. The van der Waals surface area contributed by atoms with Crippen LogP contribution >= 0.6 is 0 Å². The normalized spacial score (nSPS) is 11.4. The van der Waals surface area contributed by atoms with Crippen LogP contribution in [0.15, 0.2) is 24.3 Å². The summed E-state index contributed by atoms with van der Waals surface area (Å²) in [5, 5.41) is 10.5. The van der Waals surface area contributed by atoms with E-state index < -0.39 is 5.97 Å². The Hall–Kier alpha value is -1.51. The van der Waals surface area contributed by atoms with Crippen molar-refractivity contribution in [1.82, 2.24) is 0 Å². The lowest BCUT2D eigenvalue weighted by Crippen LogP contribution is -2.29. The van der Waals surface area contributed by atoms with Gasteiger partial charge in [-0.15, -0.1) is 0 Å². The number of carboxylic acid groups (broad SMARTS) is 1. The van der Waals surface area contributed by atoms with Gasteiger partial charge in [-0.05, 0) is 36.8 Å². The Kier molecular flexibility index (Phi) is 5.40. The van der Waals surface area contributed by atoms with Gasteiger partial charge in [-0.3, -0.25) is 0 Å². The van der Waals surface area contributed by atoms with Gasteiger partial charge in [0.2, 0.25) is 0 Å². The van der Waals surface area contributed by atoms with Gasteiger partial charge < -0.3 is 14.8 Å². The second-order valence-electron chi connectivity index (χ2n) is 5.82. The van der Waals surface area contributed by atoms with E-state index in [2.05, 4.69) is 50.8 Å². The summed E-state index contributed by atoms with van der Waals surface area (Å²) < 4.78 is 0. The van der Waals surface area contributed by atoms with Crippen molar-refractivity contribution in [2.45, 2.75) is 46.0 Å². The first-order valence-corrected chi connectivity index (χ1v) is 6.90. The molecule has 3 heteroatoms. The molecule has 0 amide bonds. The Morgan fingerprint density at radius 3 is 2.42 bits per heavy atom. The summed E-state index contributed by atoms with van der Waals surface area (Å²) in [4.78, 5) is 12.7. The fourth-order valence-electron chi connectivity index (χ4n) is 2.25. The molecule has 0 saturated carbocycles. The maximum Gasteiger partial charge on any atom is 0.0415 e. The van der Waals surface area contributed by atoms with Gasteiger partial charge in [-0.1, -0.05) is 39.0 Å². The van der Waals surface area contributed by atoms with Crippen LogP contribution in [0.2, 0.25) is 0 Å². The van der Waals surface area contributed by atoms with Crippen LogP contribution in [-0.2, 0) is 10.2 Å². The molecule has 0 aromatic heterocycles. The SMILES string of the molecule is CCN(CCCC(=O)[O-])c1ccccc1C(C)(C)C. The number of carboxylic acids is 1. The van der Waals surface area contributed by atoms with Crippen LogP contribution in [-0.4, -0.2) is 19.1 Å². The number of carbonyl (C=O) groups is 1. The highest BCUT2D eigenvalue weighted by Gasteiger charge is 2.19. The van der Waals surface area contributed by atoms with E-state index in [9.17, 15) is 9.90 Å². The van der Waals surface area contributed by atoms with Crippen LogP contribution in [0.3, 0.4) is 0 Å². The van der Waals surface area contributed by atoms with Gasteiger partial charge in [0.05, 0.1) is 0 Å². The van der Waals surface area contributed by atoms with Crippen LogP contribution in [0.25, 0.3) is 0 Å². The van der Waals surface area contributed by atoms with Crippen molar-refractivity contribution in [1.29, 1.82) is 0 Å². The van der Waals surface area contributed by atoms with E-state index >= 15 is 0 Å². The van der Waals surface area contributed by atoms with Gasteiger partial charge in [0.25, 0.3) is 0 Å². The number of hydrogen-bond acceptors (Lipinski definition) is 3. The Morgan fingerprint density at radius 1 is 1.26 bits per heavy atom. The topological polar surface area (TPSA) is 43.4 Å². The van der Waals surface area contributed by atoms with Gasteiger partial charge in [-0.2, -0.15) is 0 Å². The number of anilines is 1. The first-order chi connectivity index (χ1) is 8.86. The van der Waals surface area contributed by atoms with Gasteiger partial charge >= 0.3 is 0 Å². The lowest BCUT2D eigenvalue weighted by molar-refractivity contribution is -0.305. The third-order valence-corrected chi connectivity index (χ3v) is 3.24. The van der Waals surface area contributed by atoms with E-state index in [4.69, 9.17) is 0 Å². The maximum absolute atomic E-state index is 10.5. The molecule has 1 aromatic rings. The molecule has 0 aliphatic carbocycles. The van der Waals surface area contributed by atoms with Crippen molar-refractivity contribution in [2.24, 2.45) is 0 Å². The first kappa shape index (κ1) is 15.5. The van der Waals surface area contributed by atoms with Gasteiger partial charge in [0, 0.05) is 24.7 Å². The molecule has 0 fully saturated rings. The monoisotopic (exact) mass is 262 g/mol. The predicted molar refractivity (Wildman–Crippen MR) is 77.3 cm³/mol. The van der Waals surface area contributed by atoms with Crippen molar-refractivity contribution in [2.75, 3.05) is 18.0 Å². The minimum absolute atomic E-state index is 0.0817. The highest BCUT2D eigenvalue weighted by atomic mass is 16.4. The number of aliphatic carboxylic acids is 1. The average Bonchev–Trinajstić information content (AvgIpc) is 2.33. The van der Waals surface area contributed by atoms with Crippen LogP contribution in [0, 0.1) is 0 Å². The summed E-state index contributed by atoms with van der Waals surface area (Å²) in [5.41, 5.74) is 2.58. The molecular weight excluding hydrogens is 238 g/mol. The van der Waals surface area contributed by atoms with Gasteiger partial charge in [0.1, 0.15) is 0 Å². The highest BCUT2D eigenvalue weighted by Crippen LogP contribution is 2.31. The zero-order valence-corrected chi connectivity index (χ0v) is 12.4. The van der Waals surface area contributed by atoms with E-state index in [1.54, 1.807) is 0 Å². The van der Waals surface area contributed by atoms with Crippen molar-refractivity contribution < 1.29 is 9.90 Å². The predicted octanol–water partition coefficient (Wildman–Crippen LogP) is 2.34. The molecule has 106 valence electrons. The van der Waals surface area contributed by atoms with Crippen molar-refractivity contribution in [3.8, 4) is 0 Å². The van der Waals surface area contributed by atoms with E-state index in [1.165, 1.54) is 11.3 Å². The fourth-order valence-corrected chi connectivity index (χ4v) is 2.25. The van der Waals surface area contributed by atoms with Crippen LogP contribution in [0.1, 0.15) is 46.1 Å². The summed E-state index contributed by atoms with van der Waals surface area (Å²) in [6, 6.07) is 8.35. The number of carbonyl (C=O) groups excluding carboxylic acids is 1. The molecule has 1 aromatic carbocycles. The molecule has 0 unspecified atom stereocenters. The Bertz CT molecular complexity index is 421. The first-order valence-electron chi connectivity index (χ1n) is 6.90.